The number of carbonyl (C=O) groups excluding carboxylic acids is 1. The first kappa shape index (κ1) is 20.9. The minimum atomic E-state index is 0.116. The molecule has 3 heterocycles. The number of likely N-dealkylation sites (tertiary alicyclic amines) is 1. The van der Waals surface area contributed by atoms with Gasteiger partial charge in [-0.05, 0) is 49.3 Å². The van der Waals surface area contributed by atoms with Crippen LogP contribution >= 0.6 is 0 Å². The van der Waals surface area contributed by atoms with E-state index in [1.165, 1.54) is 0 Å². The molecule has 1 fully saturated rings. The number of rotatable bonds is 6. The predicted octanol–water partition coefficient (Wildman–Crippen LogP) is 3.91. The van der Waals surface area contributed by atoms with Crippen molar-refractivity contribution in [3.05, 3.63) is 64.6 Å². The van der Waals surface area contributed by atoms with E-state index in [2.05, 4.69) is 29.4 Å². The molecule has 5 heteroatoms. The van der Waals surface area contributed by atoms with E-state index in [1.807, 2.05) is 43.4 Å². The molecule has 2 bridgehead atoms. The minimum Gasteiger partial charge on any atom is -0.314 e. The van der Waals surface area contributed by atoms with Gasteiger partial charge in [0.15, 0.2) is 0 Å². The quantitative estimate of drug-likeness (QED) is 0.729. The molecule has 2 aliphatic rings. The molecule has 0 spiro atoms. The van der Waals surface area contributed by atoms with Crippen LogP contribution in [0, 0.1) is 11.8 Å². The Morgan fingerprint density at radius 3 is 2.60 bits per heavy atom. The molecule has 160 valence electrons. The normalized spacial score (nSPS) is 23.3. The molecule has 0 saturated carbocycles. The van der Waals surface area contributed by atoms with E-state index in [-0.39, 0.29) is 17.5 Å². The zero-order valence-corrected chi connectivity index (χ0v) is 18.3. The molecule has 1 aromatic heterocycles. The Morgan fingerprint density at radius 1 is 1.10 bits per heavy atom. The summed E-state index contributed by atoms with van der Waals surface area (Å²) in [6, 6.07) is 15.7. The molecular formula is C25H33N3O2. The van der Waals surface area contributed by atoms with Crippen LogP contribution in [-0.4, -0.2) is 42.1 Å². The molecule has 2 aromatic rings. The van der Waals surface area contributed by atoms with Crippen LogP contribution < -0.4 is 10.5 Å². The number of carbonyl (C=O) groups is 1. The number of para-hydroxylation sites is 1. The van der Waals surface area contributed by atoms with Gasteiger partial charge in [-0.2, -0.15) is 0 Å². The molecule has 1 saturated heterocycles. The van der Waals surface area contributed by atoms with Crippen LogP contribution in [0.25, 0.3) is 0 Å². The number of fused-ring (bicyclic) bond motifs is 4. The summed E-state index contributed by atoms with van der Waals surface area (Å²) in [4.78, 5) is 29.8. The number of amides is 1. The van der Waals surface area contributed by atoms with Crippen LogP contribution in [-0.2, 0) is 4.79 Å². The lowest BCUT2D eigenvalue weighted by Crippen LogP contribution is -2.51. The number of likely N-dealkylation sites (N-methyl/N-ethyl adjacent to an activating group) is 1. The number of aromatic nitrogens is 1. The van der Waals surface area contributed by atoms with Gasteiger partial charge in [0, 0.05) is 49.5 Å². The Hall–Kier alpha value is -2.40. The number of benzene rings is 1. The molecule has 1 amide bonds. The van der Waals surface area contributed by atoms with Crippen molar-refractivity contribution < 1.29 is 4.79 Å². The molecule has 0 N–H and O–H groups in total. The number of nitrogens with zero attached hydrogens (tertiary/aromatic N) is 3. The number of piperidine rings is 1. The van der Waals surface area contributed by atoms with Gasteiger partial charge in [-0.25, -0.2) is 0 Å². The Morgan fingerprint density at radius 2 is 1.87 bits per heavy atom. The highest BCUT2D eigenvalue weighted by atomic mass is 16.2. The van der Waals surface area contributed by atoms with Gasteiger partial charge in [0.2, 0.25) is 5.91 Å². The van der Waals surface area contributed by atoms with Crippen LogP contribution in [0.2, 0.25) is 0 Å². The zero-order chi connectivity index (χ0) is 21.3. The van der Waals surface area contributed by atoms with E-state index in [0.717, 1.165) is 43.7 Å². The third-order valence-electron chi connectivity index (χ3n) is 6.79. The van der Waals surface area contributed by atoms with E-state index in [1.54, 1.807) is 11.0 Å². The fourth-order valence-corrected chi connectivity index (χ4v) is 5.23. The number of hydrogen-bond donors (Lipinski definition) is 0. The largest absolute Gasteiger partial charge is 0.314 e. The van der Waals surface area contributed by atoms with E-state index in [4.69, 9.17) is 0 Å². The molecule has 4 rings (SSSR count). The van der Waals surface area contributed by atoms with Gasteiger partial charge < -0.3 is 9.47 Å². The lowest BCUT2D eigenvalue weighted by atomic mass is 9.76. The maximum atomic E-state index is 13.0. The van der Waals surface area contributed by atoms with Crippen molar-refractivity contribution in [3.63, 3.8) is 0 Å². The summed E-state index contributed by atoms with van der Waals surface area (Å²) >= 11 is 0. The summed E-state index contributed by atoms with van der Waals surface area (Å²) in [6.45, 7) is 6.63. The molecule has 2 aliphatic heterocycles. The monoisotopic (exact) mass is 407 g/mol. The van der Waals surface area contributed by atoms with Gasteiger partial charge in [-0.3, -0.25) is 14.5 Å². The van der Waals surface area contributed by atoms with Gasteiger partial charge in [-0.1, -0.05) is 38.1 Å². The van der Waals surface area contributed by atoms with E-state index >= 15 is 0 Å². The van der Waals surface area contributed by atoms with Crippen molar-refractivity contribution in [2.24, 2.45) is 11.8 Å². The van der Waals surface area contributed by atoms with E-state index in [0.29, 0.717) is 24.3 Å². The summed E-state index contributed by atoms with van der Waals surface area (Å²) in [5.74, 6) is 1.48. The summed E-state index contributed by atoms with van der Waals surface area (Å²) in [6.07, 6.45) is 3.26. The van der Waals surface area contributed by atoms with E-state index in [9.17, 15) is 9.59 Å². The second kappa shape index (κ2) is 8.76. The maximum Gasteiger partial charge on any atom is 0.250 e. The first-order valence-electron chi connectivity index (χ1n) is 11.2. The SMILES string of the molecule is CC(C)CC[C@H]1[C@H]2C[C@H](CN(CC(=O)N(C)c3ccccc3)C2)c2cccc(=O)n21. The van der Waals surface area contributed by atoms with Gasteiger partial charge in [0.25, 0.3) is 5.56 Å². The zero-order valence-electron chi connectivity index (χ0n) is 18.3. The third kappa shape index (κ3) is 4.22. The number of pyridine rings is 1. The number of hydrogen-bond acceptors (Lipinski definition) is 3. The lowest BCUT2D eigenvalue weighted by molar-refractivity contribution is -0.120. The molecule has 0 radical (unpaired) electrons. The smallest absolute Gasteiger partial charge is 0.250 e. The van der Waals surface area contributed by atoms with Crippen molar-refractivity contribution in [2.75, 3.05) is 31.6 Å². The van der Waals surface area contributed by atoms with Crippen LogP contribution in [0.15, 0.2) is 53.3 Å². The molecule has 5 nitrogen and oxygen atoms in total. The summed E-state index contributed by atoms with van der Waals surface area (Å²) in [7, 11) is 1.85. The van der Waals surface area contributed by atoms with Crippen molar-refractivity contribution in [2.45, 2.75) is 45.1 Å². The highest BCUT2D eigenvalue weighted by Crippen LogP contribution is 2.43. The molecular weight excluding hydrogens is 374 g/mol. The molecule has 0 aliphatic carbocycles. The first-order valence-corrected chi connectivity index (χ1v) is 11.2. The summed E-state index contributed by atoms with van der Waals surface area (Å²) in [5, 5.41) is 0. The fourth-order valence-electron chi connectivity index (χ4n) is 5.23. The van der Waals surface area contributed by atoms with E-state index < -0.39 is 0 Å². The molecule has 3 atom stereocenters. The lowest BCUT2D eigenvalue weighted by Gasteiger charge is -2.47. The van der Waals surface area contributed by atoms with Crippen LogP contribution in [0.3, 0.4) is 0 Å². The highest BCUT2D eigenvalue weighted by Gasteiger charge is 2.40. The fraction of sp³-hybridized carbons (Fsp3) is 0.520. The first-order chi connectivity index (χ1) is 14.4. The Kier molecular flexibility index (Phi) is 6.09. The van der Waals surface area contributed by atoms with Crippen LogP contribution in [0.1, 0.15) is 50.8 Å². The summed E-state index contributed by atoms with van der Waals surface area (Å²) < 4.78 is 2.08. The maximum absolute atomic E-state index is 13.0. The minimum absolute atomic E-state index is 0.116. The molecule has 30 heavy (non-hydrogen) atoms. The Balaban J connectivity index is 1.54. The van der Waals surface area contributed by atoms with Crippen molar-refractivity contribution in [1.82, 2.24) is 9.47 Å². The molecule has 1 aromatic carbocycles. The van der Waals surface area contributed by atoms with Gasteiger partial charge in [0.05, 0.1) is 6.54 Å². The van der Waals surface area contributed by atoms with Crippen molar-refractivity contribution in [1.29, 1.82) is 0 Å². The standard InChI is InChI=1S/C25H33N3O2/c1-18(2)12-13-23-20-14-19(22-10-7-11-24(29)28(22)23)15-27(16-20)17-25(30)26(3)21-8-5-4-6-9-21/h4-11,18-20,23H,12-17H2,1-3H3/t19-,20+,23+/m1/s1. The van der Waals surface area contributed by atoms with Crippen molar-refractivity contribution in [3.8, 4) is 0 Å². The van der Waals surface area contributed by atoms with Gasteiger partial charge in [0.1, 0.15) is 0 Å². The van der Waals surface area contributed by atoms with Crippen molar-refractivity contribution >= 4 is 11.6 Å². The predicted molar refractivity (Wildman–Crippen MR) is 121 cm³/mol. The van der Waals surface area contributed by atoms with Gasteiger partial charge in [-0.15, -0.1) is 0 Å². The summed E-state index contributed by atoms with van der Waals surface area (Å²) in [5.41, 5.74) is 2.21. The second-order valence-electron chi connectivity index (χ2n) is 9.37. The second-order valence-corrected chi connectivity index (χ2v) is 9.37. The Labute approximate surface area is 179 Å². The highest BCUT2D eigenvalue weighted by molar-refractivity contribution is 5.94. The number of anilines is 1. The third-order valence-corrected chi connectivity index (χ3v) is 6.79. The molecule has 0 unspecified atom stereocenters. The average Bonchev–Trinajstić information content (AvgIpc) is 2.74. The Bertz CT molecular complexity index is 937. The average molecular weight is 408 g/mol. The van der Waals surface area contributed by atoms with Crippen LogP contribution in [0.5, 0.6) is 0 Å². The van der Waals surface area contributed by atoms with Crippen LogP contribution in [0.4, 0.5) is 5.69 Å². The topological polar surface area (TPSA) is 45.6 Å². The van der Waals surface area contributed by atoms with Gasteiger partial charge >= 0.3 is 0 Å².